The van der Waals surface area contributed by atoms with Crippen molar-refractivity contribution in [2.75, 3.05) is 17.3 Å². The summed E-state index contributed by atoms with van der Waals surface area (Å²) in [5.74, 6) is 0.362. The van der Waals surface area contributed by atoms with Gasteiger partial charge in [0.2, 0.25) is 5.91 Å². The molecule has 1 heterocycles. The Bertz CT molecular complexity index is 323. The third-order valence-corrected chi connectivity index (χ3v) is 2.49. The van der Waals surface area contributed by atoms with Crippen LogP contribution >= 0.6 is 23.4 Å². The summed E-state index contributed by atoms with van der Waals surface area (Å²) in [6, 6.07) is 1.81. The zero-order valence-corrected chi connectivity index (χ0v) is 9.58. The zero-order chi connectivity index (χ0) is 10.6. The van der Waals surface area contributed by atoms with Crippen LogP contribution in [0.5, 0.6) is 0 Å². The summed E-state index contributed by atoms with van der Waals surface area (Å²) in [5.41, 5.74) is 1.52. The molecule has 1 N–H and O–H groups in total. The molecule has 5 heteroatoms. The summed E-state index contributed by atoms with van der Waals surface area (Å²) >= 11 is 7.31. The van der Waals surface area contributed by atoms with Crippen molar-refractivity contribution in [3.8, 4) is 0 Å². The summed E-state index contributed by atoms with van der Waals surface area (Å²) in [6.45, 7) is 1.88. The second kappa shape index (κ2) is 5.22. The molecule has 76 valence electrons. The zero-order valence-electron chi connectivity index (χ0n) is 8.00. The highest BCUT2D eigenvalue weighted by Gasteiger charge is 2.08. The van der Waals surface area contributed by atoms with Crippen LogP contribution in [0.2, 0.25) is 5.15 Å². The van der Waals surface area contributed by atoms with Crippen LogP contribution in [0.3, 0.4) is 0 Å². The predicted octanol–water partition coefficient (Wildman–Crippen LogP) is 2.34. The van der Waals surface area contributed by atoms with E-state index in [9.17, 15) is 4.79 Å². The molecule has 0 atom stereocenters. The first-order chi connectivity index (χ1) is 6.65. The van der Waals surface area contributed by atoms with Crippen molar-refractivity contribution in [3.05, 3.63) is 23.0 Å². The maximum absolute atomic E-state index is 11.3. The number of nitrogens with zero attached hydrogens (tertiary/aromatic N) is 1. The molecule has 3 nitrogen and oxygen atoms in total. The van der Waals surface area contributed by atoms with Gasteiger partial charge in [0.05, 0.1) is 11.4 Å². The molecule has 0 radical (unpaired) electrons. The van der Waals surface area contributed by atoms with Gasteiger partial charge in [-0.2, -0.15) is 11.8 Å². The van der Waals surface area contributed by atoms with E-state index in [-0.39, 0.29) is 5.91 Å². The van der Waals surface area contributed by atoms with Gasteiger partial charge >= 0.3 is 0 Å². The van der Waals surface area contributed by atoms with Gasteiger partial charge in [-0.15, -0.1) is 0 Å². The summed E-state index contributed by atoms with van der Waals surface area (Å²) in [5, 5.41) is 3.06. The van der Waals surface area contributed by atoms with Gasteiger partial charge in [-0.3, -0.25) is 4.79 Å². The highest BCUT2D eigenvalue weighted by molar-refractivity contribution is 7.99. The lowest BCUT2D eigenvalue weighted by atomic mass is 10.2. The van der Waals surface area contributed by atoms with Gasteiger partial charge in [-0.05, 0) is 24.8 Å². The number of hydrogen-bond acceptors (Lipinski definition) is 3. The second-order valence-electron chi connectivity index (χ2n) is 2.77. The number of carbonyl (C=O) groups excluding carboxylic acids is 1. The first-order valence-corrected chi connectivity index (χ1v) is 5.82. The molecule has 0 spiro atoms. The van der Waals surface area contributed by atoms with E-state index in [1.807, 2.05) is 13.2 Å². The average Bonchev–Trinajstić information content (AvgIpc) is 2.12. The van der Waals surface area contributed by atoms with Gasteiger partial charge in [-0.25, -0.2) is 4.98 Å². The van der Waals surface area contributed by atoms with Crippen LogP contribution in [-0.4, -0.2) is 22.9 Å². The van der Waals surface area contributed by atoms with Gasteiger partial charge < -0.3 is 5.32 Å². The molecule has 0 unspecified atom stereocenters. The fourth-order valence-corrected chi connectivity index (χ4v) is 1.57. The van der Waals surface area contributed by atoms with E-state index in [1.165, 1.54) is 11.8 Å². The standard InChI is InChI=1S/C9H11ClN2OS/c1-6-3-4-11-9(10)8(6)12-7(13)5-14-2/h3-4H,5H2,1-2H3,(H,12,13). The highest BCUT2D eigenvalue weighted by Crippen LogP contribution is 2.22. The molecule has 0 aromatic carbocycles. The van der Waals surface area contributed by atoms with E-state index in [2.05, 4.69) is 10.3 Å². The van der Waals surface area contributed by atoms with Gasteiger partial charge in [0.25, 0.3) is 0 Å². The van der Waals surface area contributed by atoms with Gasteiger partial charge in [0.15, 0.2) is 5.15 Å². The van der Waals surface area contributed by atoms with Crippen LogP contribution in [0.1, 0.15) is 5.56 Å². The summed E-state index contributed by atoms with van der Waals surface area (Å²) in [7, 11) is 0. The van der Waals surface area contributed by atoms with Crippen LogP contribution < -0.4 is 5.32 Å². The van der Waals surface area contributed by atoms with Crippen LogP contribution in [-0.2, 0) is 4.79 Å². The molecule has 0 aliphatic rings. The van der Waals surface area contributed by atoms with Crippen molar-refractivity contribution in [3.63, 3.8) is 0 Å². The van der Waals surface area contributed by atoms with Crippen molar-refractivity contribution < 1.29 is 4.79 Å². The molecule has 0 saturated heterocycles. The third-order valence-electron chi connectivity index (χ3n) is 1.65. The summed E-state index contributed by atoms with van der Waals surface area (Å²) in [6.07, 6.45) is 3.49. The molecule has 1 amide bonds. The average molecular weight is 231 g/mol. The first kappa shape index (κ1) is 11.3. The second-order valence-corrected chi connectivity index (χ2v) is 4.00. The summed E-state index contributed by atoms with van der Waals surface area (Å²) < 4.78 is 0. The minimum Gasteiger partial charge on any atom is -0.323 e. The molecule has 0 aliphatic heterocycles. The van der Waals surface area contributed by atoms with E-state index in [0.29, 0.717) is 16.6 Å². The number of halogens is 1. The SMILES string of the molecule is CSCC(=O)Nc1c(C)ccnc1Cl. The lowest BCUT2D eigenvalue weighted by Crippen LogP contribution is -2.15. The normalized spacial score (nSPS) is 9.93. The number of anilines is 1. The summed E-state index contributed by atoms with van der Waals surface area (Å²) in [4.78, 5) is 15.2. The number of rotatable bonds is 3. The van der Waals surface area contributed by atoms with Crippen molar-refractivity contribution >= 4 is 35.0 Å². The molecule has 1 aromatic rings. The lowest BCUT2D eigenvalue weighted by molar-refractivity contribution is -0.113. The van der Waals surface area contributed by atoms with Crippen LogP contribution in [0, 0.1) is 6.92 Å². The number of aryl methyl sites for hydroxylation is 1. The molecular weight excluding hydrogens is 220 g/mol. The van der Waals surface area contributed by atoms with Crippen LogP contribution in [0.25, 0.3) is 0 Å². The van der Waals surface area contributed by atoms with Gasteiger partial charge in [0.1, 0.15) is 0 Å². The minimum absolute atomic E-state index is 0.0597. The Kier molecular flexibility index (Phi) is 4.22. The number of thioether (sulfide) groups is 1. The number of amides is 1. The van der Waals surface area contributed by atoms with Crippen molar-refractivity contribution in [2.45, 2.75) is 6.92 Å². The molecule has 0 fully saturated rings. The largest absolute Gasteiger partial charge is 0.323 e. The van der Waals surface area contributed by atoms with Crippen LogP contribution in [0.15, 0.2) is 12.3 Å². The molecule has 0 saturated carbocycles. The Morgan fingerprint density at radius 2 is 2.43 bits per heavy atom. The van der Waals surface area contributed by atoms with E-state index in [4.69, 9.17) is 11.6 Å². The van der Waals surface area contributed by atoms with E-state index in [0.717, 1.165) is 5.56 Å². The molecule has 1 aromatic heterocycles. The maximum Gasteiger partial charge on any atom is 0.234 e. The topological polar surface area (TPSA) is 42.0 Å². The number of pyridine rings is 1. The quantitative estimate of drug-likeness (QED) is 0.811. The smallest absolute Gasteiger partial charge is 0.234 e. The molecular formula is C9H11ClN2OS. The van der Waals surface area contributed by atoms with Crippen molar-refractivity contribution in [1.29, 1.82) is 0 Å². The molecule has 0 bridgehead atoms. The van der Waals surface area contributed by atoms with E-state index < -0.39 is 0 Å². The fraction of sp³-hybridized carbons (Fsp3) is 0.333. The molecule has 14 heavy (non-hydrogen) atoms. The molecule has 0 aliphatic carbocycles. The first-order valence-electron chi connectivity index (χ1n) is 4.05. The van der Waals surface area contributed by atoms with Gasteiger partial charge in [0, 0.05) is 6.20 Å². The molecule has 1 rings (SSSR count). The van der Waals surface area contributed by atoms with Gasteiger partial charge in [-0.1, -0.05) is 11.6 Å². The predicted molar refractivity (Wildman–Crippen MR) is 61.0 cm³/mol. The fourth-order valence-electron chi connectivity index (χ4n) is 0.982. The monoisotopic (exact) mass is 230 g/mol. The van der Waals surface area contributed by atoms with Crippen molar-refractivity contribution in [1.82, 2.24) is 4.98 Å². The number of nitrogens with one attached hydrogen (secondary N) is 1. The Morgan fingerprint density at radius 3 is 3.00 bits per heavy atom. The third kappa shape index (κ3) is 2.89. The maximum atomic E-state index is 11.3. The Morgan fingerprint density at radius 1 is 1.71 bits per heavy atom. The van der Waals surface area contributed by atoms with Crippen molar-refractivity contribution in [2.24, 2.45) is 0 Å². The minimum atomic E-state index is -0.0597. The van der Waals surface area contributed by atoms with E-state index >= 15 is 0 Å². The van der Waals surface area contributed by atoms with E-state index in [1.54, 1.807) is 12.3 Å². The highest BCUT2D eigenvalue weighted by atomic mass is 35.5. The van der Waals surface area contributed by atoms with Crippen LogP contribution in [0.4, 0.5) is 5.69 Å². The number of hydrogen-bond donors (Lipinski definition) is 1. The lowest BCUT2D eigenvalue weighted by Gasteiger charge is -2.08. The number of aromatic nitrogens is 1. The Hall–Kier alpha value is -0.740. The Balaban J connectivity index is 2.80. The Labute approximate surface area is 92.2 Å². The number of carbonyl (C=O) groups is 1.